The van der Waals surface area contributed by atoms with E-state index in [9.17, 15) is 4.39 Å². The molecule has 2 aromatic rings. The minimum atomic E-state index is -0.461. The van der Waals surface area contributed by atoms with Crippen LogP contribution >= 0.6 is 0 Å². The lowest BCUT2D eigenvalue weighted by molar-refractivity contribution is -0.00549. The number of hydrogen-bond acceptors (Lipinski definition) is 5. The second kappa shape index (κ2) is 5.91. The van der Waals surface area contributed by atoms with Gasteiger partial charge in [-0.15, -0.1) is 0 Å². The monoisotopic (exact) mass is 291 g/mol. The molecule has 0 bridgehead atoms. The number of nitrogens with two attached hydrogens (primary N) is 1. The highest BCUT2D eigenvalue weighted by Gasteiger charge is 2.22. The molecule has 1 unspecified atom stereocenters. The van der Waals surface area contributed by atoms with Gasteiger partial charge in [-0.25, -0.2) is 4.39 Å². The van der Waals surface area contributed by atoms with E-state index < -0.39 is 6.04 Å². The summed E-state index contributed by atoms with van der Waals surface area (Å²) in [4.78, 5) is 4.17. The molecule has 0 spiro atoms. The average molecular weight is 291 g/mol. The second-order valence-corrected chi connectivity index (χ2v) is 5.43. The standard InChI is InChI=1S/C15H18FN3O2/c1-9-5-6-11(12(16)7-9)15-18-14(19-21-15)13(17)8-20-10-3-2-4-10/h5-7,10,13H,2-4,8,17H2,1H3. The van der Waals surface area contributed by atoms with E-state index in [1.54, 1.807) is 12.1 Å². The highest BCUT2D eigenvalue weighted by molar-refractivity contribution is 5.54. The fourth-order valence-electron chi connectivity index (χ4n) is 2.14. The fraction of sp³-hybridized carbons (Fsp3) is 0.467. The van der Waals surface area contributed by atoms with Crippen LogP contribution in [0.5, 0.6) is 0 Å². The first-order valence-corrected chi connectivity index (χ1v) is 7.11. The maximum atomic E-state index is 13.9. The Bertz CT molecular complexity index is 625. The van der Waals surface area contributed by atoms with Crippen molar-refractivity contribution < 1.29 is 13.7 Å². The summed E-state index contributed by atoms with van der Waals surface area (Å²) in [5.41, 5.74) is 7.09. The molecule has 1 aliphatic carbocycles. The summed E-state index contributed by atoms with van der Waals surface area (Å²) in [6, 6.07) is 4.38. The minimum absolute atomic E-state index is 0.140. The Morgan fingerprint density at radius 1 is 1.48 bits per heavy atom. The Hall–Kier alpha value is -1.79. The van der Waals surface area contributed by atoms with Gasteiger partial charge in [0.2, 0.25) is 0 Å². The Labute approximate surface area is 122 Å². The first kappa shape index (κ1) is 14.2. The van der Waals surface area contributed by atoms with Crippen LogP contribution in [-0.2, 0) is 4.74 Å². The van der Waals surface area contributed by atoms with Crippen LogP contribution in [0.25, 0.3) is 11.5 Å². The van der Waals surface area contributed by atoms with Gasteiger partial charge in [0.15, 0.2) is 5.82 Å². The molecule has 112 valence electrons. The number of aryl methyl sites for hydroxylation is 1. The normalized spacial score (nSPS) is 16.7. The van der Waals surface area contributed by atoms with Crippen molar-refractivity contribution in [2.45, 2.75) is 38.3 Å². The molecule has 1 fully saturated rings. The third-order valence-electron chi connectivity index (χ3n) is 3.69. The van der Waals surface area contributed by atoms with Gasteiger partial charge in [-0.05, 0) is 43.9 Å². The van der Waals surface area contributed by atoms with E-state index in [2.05, 4.69) is 10.1 Å². The number of rotatable bonds is 5. The molecular weight excluding hydrogens is 273 g/mol. The molecule has 3 rings (SSSR count). The van der Waals surface area contributed by atoms with Crippen molar-refractivity contribution in [3.63, 3.8) is 0 Å². The van der Waals surface area contributed by atoms with Crippen molar-refractivity contribution in [2.24, 2.45) is 5.73 Å². The molecule has 1 aromatic heterocycles. The maximum Gasteiger partial charge on any atom is 0.260 e. The summed E-state index contributed by atoms with van der Waals surface area (Å²) < 4.78 is 24.6. The molecule has 6 heteroatoms. The van der Waals surface area contributed by atoms with Crippen molar-refractivity contribution in [1.82, 2.24) is 10.1 Å². The Kier molecular flexibility index (Phi) is 3.98. The number of hydrogen-bond donors (Lipinski definition) is 1. The third-order valence-corrected chi connectivity index (χ3v) is 3.69. The summed E-state index contributed by atoms with van der Waals surface area (Å²) in [7, 11) is 0. The third kappa shape index (κ3) is 3.11. The number of benzene rings is 1. The largest absolute Gasteiger partial charge is 0.376 e. The lowest BCUT2D eigenvalue weighted by Gasteiger charge is -2.26. The van der Waals surface area contributed by atoms with E-state index in [4.69, 9.17) is 15.0 Å². The Balaban J connectivity index is 1.69. The smallest absolute Gasteiger partial charge is 0.260 e. The molecule has 0 radical (unpaired) electrons. The first-order valence-electron chi connectivity index (χ1n) is 7.11. The predicted molar refractivity (Wildman–Crippen MR) is 74.9 cm³/mol. The molecular formula is C15H18FN3O2. The molecule has 5 nitrogen and oxygen atoms in total. The van der Waals surface area contributed by atoms with Gasteiger partial charge in [0.25, 0.3) is 5.89 Å². The van der Waals surface area contributed by atoms with Crippen LogP contribution in [0.1, 0.15) is 36.7 Å². The van der Waals surface area contributed by atoms with Crippen LogP contribution in [0.2, 0.25) is 0 Å². The SMILES string of the molecule is Cc1ccc(-c2nc(C(N)COC3CCC3)no2)c(F)c1. The van der Waals surface area contributed by atoms with Gasteiger partial charge in [-0.1, -0.05) is 11.2 Å². The lowest BCUT2D eigenvalue weighted by Crippen LogP contribution is -2.27. The van der Waals surface area contributed by atoms with Crippen LogP contribution in [0, 0.1) is 12.7 Å². The van der Waals surface area contributed by atoms with Crippen molar-refractivity contribution in [2.75, 3.05) is 6.61 Å². The van der Waals surface area contributed by atoms with Crippen LogP contribution < -0.4 is 5.73 Å². The van der Waals surface area contributed by atoms with Crippen LogP contribution in [-0.4, -0.2) is 22.9 Å². The zero-order chi connectivity index (χ0) is 14.8. The zero-order valence-corrected chi connectivity index (χ0v) is 11.9. The number of aromatic nitrogens is 2. The van der Waals surface area contributed by atoms with Gasteiger partial charge in [0, 0.05) is 0 Å². The van der Waals surface area contributed by atoms with Crippen LogP contribution in [0.15, 0.2) is 22.7 Å². The molecule has 1 atom stereocenters. The topological polar surface area (TPSA) is 74.2 Å². The summed E-state index contributed by atoms with van der Waals surface area (Å²) >= 11 is 0. The van der Waals surface area contributed by atoms with Gasteiger partial charge >= 0.3 is 0 Å². The van der Waals surface area contributed by atoms with Gasteiger partial charge in [-0.2, -0.15) is 4.98 Å². The van der Waals surface area contributed by atoms with Gasteiger partial charge in [-0.3, -0.25) is 0 Å². The van der Waals surface area contributed by atoms with Crippen LogP contribution in [0.4, 0.5) is 4.39 Å². The van der Waals surface area contributed by atoms with E-state index in [-0.39, 0.29) is 17.3 Å². The number of ether oxygens (including phenoxy) is 1. The molecule has 0 aliphatic heterocycles. The molecule has 1 saturated carbocycles. The molecule has 1 heterocycles. The summed E-state index contributed by atoms with van der Waals surface area (Å²) in [5, 5.41) is 3.82. The molecule has 1 aromatic carbocycles. The van der Waals surface area contributed by atoms with E-state index in [0.717, 1.165) is 18.4 Å². The summed E-state index contributed by atoms with van der Waals surface area (Å²) in [5.74, 6) is 0.0929. The summed E-state index contributed by atoms with van der Waals surface area (Å²) in [6.45, 7) is 2.17. The number of nitrogens with zero attached hydrogens (tertiary/aromatic N) is 2. The highest BCUT2D eigenvalue weighted by Crippen LogP contribution is 2.25. The van der Waals surface area contributed by atoms with Gasteiger partial charge in [0.05, 0.1) is 24.3 Å². The van der Waals surface area contributed by atoms with E-state index in [0.29, 0.717) is 18.5 Å². The van der Waals surface area contributed by atoms with Gasteiger partial charge in [0.1, 0.15) is 5.82 Å². The highest BCUT2D eigenvalue weighted by atomic mass is 19.1. The summed E-state index contributed by atoms with van der Waals surface area (Å²) in [6.07, 6.45) is 3.67. The lowest BCUT2D eigenvalue weighted by atomic mass is 9.96. The fourth-order valence-corrected chi connectivity index (χ4v) is 2.14. The molecule has 0 saturated heterocycles. The minimum Gasteiger partial charge on any atom is -0.376 e. The Morgan fingerprint density at radius 3 is 2.95 bits per heavy atom. The number of halogens is 1. The predicted octanol–water partition coefficient (Wildman–Crippen LogP) is 2.75. The van der Waals surface area contributed by atoms with Crippen LogP contribution in [0.3, 0.4) is 0 Å². The first-order chi connectivity index (χ1) is 10.1. The van der Waals surface area contributed by atoms with Crippen molar-refractivity contribution in [3.05, 3.63) is 35.4 Å². The Morgan fingerprint density at radius 2 is 2.29 bits per heavy atom. The maximum absolute atomic E-state index is 13.9. The van der Waals surface area contributed by atoms with E-state index in [1.165, 1.54) is 12.5 Å². The van der Waals surface area contributed by atoms with Crippen molar-refractivity contribution >= 4 is 0 Å². The second-order valence-electron chi connectivity index (χ2n) is 5.43. The molecule has 1 aliphatic rings. The van der Waals surface area contributed by atoms with Crippen molar-refractivity contribution in [1.29, 1.82) is 0 Å². The molecule has 2 N–H and O–H groups in total. The van der Waals surface area contributed by atoms with E-state index >= 15 is 0 Å². The quantitative estimate of drug-likeness (QED) is 0.916. The van der Waals surface area contributed by atoms with Gasteiger partial charge < -0.3 is 15.0 Å². The van der Waals surface area contributed by atoms with E-state index in [1.807, 2.05) is 6.92 Å². The molecule has 21 heavy (non-hydrogen) atoms. The average Bonchev–Trinajstić information content (AvgIpc) is 2.86. The zero-order valence-electron chi connectivity index (χ0n) is 11.9. The molecule has 0 amide bonds. The van der Waals surface area contributed by atoms with Crippen molar-refractivity contribution in [3.8, 4) is 11.5 Å².